The third kappa shape index (κ3) is 2.42. The molecule has 1 unspecified atom stereocenters. The molecule has 0 aromatic heterocycles. The lowest BCUT2D eigenvalue weighted by atomic mass is 9.81. The zero-order valence-corrected chi connectivity index (χ0v) is 11.2. The van der Waals surface area contributed by atoms with E-state index in [4.69, 9.17) is 0 Å². The van der Waals surface area contributed by atoms with E-state index in [9.17, 15) is 4.79 Å². The first kappa shape index (κ1) is 12.3. The third-order valence-corrected chi connectivity index (χ3v) is 3.70. The molecule has 92 valence electrons. The highest BCUT2D eigenvalue weighted by molar-refractivity contribution is 6.00. The highest BCUT2D eigenvalue weighted by Gasteiger charge is 2.27. The third-order valence-electron chi connectivity index (χ3n) is 3.70. The van der Waals surface area contributed by atoms with Gasteiger partial charge in [-0.15, -0.1) is 0 Å². The number of benzene rings is 1. The highest BCUT2D eigenvalue weighted by atomic mass is 16.1. The number of carbonyl (C=O) groups is 1. The van der Waals surface area contributed by atoms with E-state index in [2.05, 4.69) is 30.9 Å². The van der Waals surface area contributed by atoms with E-state index < -0.39 is 0 Å². The molecule has 1 aliphatic carbocycles. The van der Waals surface area contributed by atoms with Gasteiger partial charge in [0.2, 0.25) is 0 Å². The molecular formula is C15H21NO. The maximum absolute atomic E-state index is 12.4. The van der Waals surface area contributed by atoms with Crippen LogP contribution in [0.5, 0.6) is 0 Å². The fourth-order valence-corrected chi connectivity index (χ4v) is 2.61. The first-order valence-electron chi connectivity index (χ1n) is 6.28. The van der Waals surface area contributed by atoms with Crippen molar-refractivity contribution in [3.8, 4) is 0 Å². The number of Topliss-reactive ketones (excluding diaryl/α,β-unsaturated/α-hetero) is 1. The van der Waals surface area contributed by atoms with Gasteiger partial charge in [0.1, 0.15) is 0 Å². The lowest BCUT2D eigenvalue weighted by molar-refractivity contribution is 0.0877. The van der Waals surface area contributed by atoms with Crippen molar-refractivity contribution < 1.29 is 4.79 Å². The Kier molecular flexibility index (Phi) is 3.34. The zero-order chi connectivity index (χ0) is 12.6. The molecule has 0 spiro atoms. The van der Waals surface area contributed by atoms with Crippen molar-refractivity contribution in [1.82, 2.24) is 4.90 Å². The summed E-state index contributed by atoms with van der Waals surface area (Å²) in [5, 5.41) is 0. The molecule has 2 nitrogen and oxygen atoms in total. The molecule has 0 saturated heterocycles. The monoisotopic (exact) mass is 231 g/mol. The minimum absolute atomic E-state index is 0.180. The van der Waals surface area contributed by atoms with Crippen LogP contribution < -0.4 is 0 Å². The second-order valence-electron chi connectivity index (χ2n) is 5.46. The maximum atomic E-state index is 12.4. The van der Waals surface area contributed by atoms with Gasteiger partial charge in [-0.25, -0.2) is 0 Å². The molecule has 0 radical (unpaired) electrons. The summed E-state index contributed by atoms with van der Waals surface area (Å²) in [6.07, 6.45) is 2.03. The summed E-state index contributed by atoms with van der Waals surface area (Å²) >= 11 is 0. The van der Waals surface area contributed by atoms with Crippen LogP contribution in [-0.2, 0) is 6.42 Å². The minimum atomic E-state index is 0.180. The average molecular weight is 231 g/mol. The summed E-state index contributed by atoms with van der Waals surface area (Å²) in [6.45, 7) is 5.07. The summed E-state index contributed by atoms with van der Waals surface area (Å²) in [5.41, 5.74) is 4.73. The first-order chi connectivity index (χ1) is 7.99. The van der Waals surface area contributed by atoms with E-state index >= 15 is 0 Å². The van der Waals surface area contributed by atoms with Crippen LogP contribution in [0.15, 0.2) is 12.1 Å². The van der Waals surface area contributed by atoms with Gasteiger partial charge in [0.15, 0.2) is 5.78 Å². The van der Waals surface area contributed by atoms with Gasteiger partial charge >= 0.3 is 0 Å². The summed E-state index contributed by atoms with van der Waals surface area (Å²) in [5.74, 6) is 0.516. The summed E-state index contributed by atoms with van der Waals surface area (Å²) in [7, 11) is 4.06. The Labute approximate surface area is 104 Å². The van der Waals surface area contributed by atoms with Gasteiger partial charge in [0.05, 0.1) is 0 Å². The smallest absolute Gasteiger partial charge is 0.167 e. The van der Waals surface area contributed by atoms with Crippen LogP contribution in [0, 0.1) is 19.8 Å². The minimum Gasteiger partial charge on any atom is -0.309 e. The van der Waals surface area contributed by atoms with Gasteiger partial charge in [-0.2, -0.15) is 0 Å². The van der Waals surface area contributed by atoms with E-state index in [1.54, 1.807) is 0 Å². The van der Waals surface area contributed by atoms with Crippen LogP contribution in [0.3, 0.4) is 0 Å². The van der Waals surface area contributed by atoms with Gasteiger partial charge in [0, 0.05) is 18.0 Å². The summed E-state index contributed by atoms with van der Waals surface area (Å²) in [6, 6.07) is 4.27. The average Bonchev–Trinajstić information content (AvgIpc) is 2.25. The first-order valence-corrected chi connectivity index (χ1v) is 6.28. The molecule has 1 aliphatic rings. The molecular weight excluding hydrogens is 210 g/mol. The van der Waals surface area contributed by atoms with Crippen LogP contribution >= 0.6 is 0 Å². The molecule has 1 atom stereocenters. The molecule has 1 aromatic rings. The van der Waals surface area contributed by atoms with Crippen molar-refractivity contribution in [3.05, 3.63) is 34.4 Å². The Morgan fingerprint density at radius 3 is 2.53 bits per heavy atom. The molecule has 0 saturated carbocycles. The van der Waals surface area contributed by atoms with Crippen LogP contribution in [0.25, 0.3) is 0 Å². The molecule has 0 bridgehead atoms. The van der Waals surface area contributed by atoms with Gasteiger partial charge in [-0.05, 0) is 63.5 Å². The second-order valence-corrected chi connectivity index (χ2v) is 5.46. The predicted octanol–water partition coefficient (Wildman–Crippen LogP) is 2.61. The number of rotatable bonds is 2. The van der Waals surface area contributed by atoms with Crippen molar-refractivity contribution in [3.63, 3.8) is 0 Å². The van der Waals surface area contributed by atoms with E-state index in [0.29, 0.717) is 5.78 Å². The van der Waals surface area contributed by atoms with Gasteiger partial charge in [-0.3, -0.25) is 4.79 Å². The molecule has 1 aromatic carbocycles. The van der Waals surface area contributed by atoms with E-state index in [1.807, 2.05) is 14.1 Å². The Morgan fingerprint density at radius 2 is 1.88 bits per heavy atom. The number of carbonyl (C=O) groups excluding carboxylic acids is 1. The number of hydrogen-bond donors (Lipinski definition) is 0. The fraction of sp³-hybridized carbons (Fsp3) is 0.533. The Balaban J connectivity index is 2.32. The lowest BCUT2D eigenvalue weighted by Gasteiger charge is -2.26. The van der Waals surface area contributed by atoms with Crippen LogP contribution in [0.4, 0.5) is 0 Å². The van der Waals surface area contributed by atoms with Crippen molar-refractivity contribution in [1.29, 1.82) is 0 Å². The van der Waals surface area contributed by atoms with Crippen molar-refractivity contribution in [2.75, 3.05) is 20.6 Å². The summed E-state index contributed by atoms with van der Waals surface area (Å²) in [4.78, 5) is 14.5. The number of hydrogen-bond acceptors (Lipinski definition) is 2. The van der Waals surface area contributed by atoms with E-state index in [-0.39, 0.29) is 5.92 Å². The van der Waals surface area contributed by atoms with Crippen molar-refractivity contribution in [2.45, 2.75) is 26.7 Å². The standard InChI is InChI=1S/C15H21NO/c1-10-7-12-5-6-13(9-16(3)4)15(17)14(12)8-11(10)2/h7-8,13H,5-6,9H2,1-4H3. The topological polar surface area (TPSA) is 20.3 Å². The lowest BCUT2D eigenvalue weighted by Crippen LogP contribution is -2.31. The molecule has 2 rings (SSSR count). The van der Waals surface area contributed by atoms with Gasteiger partial charge < -0.3 is 4.90 Å². The van der Waals surface area contributed by atoms with E-state index in [0.717, 1.165) is 24.9 Å². The maximum Gasteiger partial charge on any atom is 0.167 e. The van der Waals surface area contributed by atoms with Crippen LogP contribution in [-0.4, -0.2) is 31.3 Å². The predicted molar refractivity (Wildman–Crippen MR) is 70.6 cm³/mol. The Hall–Kier alpha value is -1.15. The molecule has 2 heteroatoms. The molecule has 0 amide bonds. The molecule has 0 fully saturated rings. The number of fused-ring (bicyclic) bond motifs is 1. The normalized spacial score (nSPS) is 19.6. The van der Waals surface area contributed by atoms with Crippen molar-refractivity contribution in [2.24, 2.45) is 5.92 Å². The molecule has 0 aliphatic heterocycles. The number of aryl methyl sites for hydroxylation is 3. The van der Waals surface area contributed by atoms with Crippen LogP contribution in [0.2, 0.25) is 0 Å². The molecule has 0 heterocycles. The highest BCUT2D eigenvalue weighted by Crippen LogP contribution is 2.28. The Bertz CT molecular complexity index is 448. The zero-order valence-electron chi connectivity index (χ0n) is 11.2. The van der Waals surface area contributed by atoms with Crippen molar-refractivity contribution >= 4 is 5.78 Å². The fourth-order valence-electron chi connectivity index (χ4n) is 2.61. The number of nitrogens with zero attached hydrogens (tertiary/aromatic N) is 1. The molecule has 17 heavy (non-hydrogen) atoms. The number of ketones is 1. The van der Waals surface area contributed by atoms with Gasteiger partial charge in [0.25, 0.3) is 0 Å². The largest absolute Gasteiger partial charge is 0.309 e. The SMILES string of the molecule is Cc1cc2c(cc1C)C(=O)C(CN(C)C)CC2. The molecule has 0 N–H and O–H groups in total. The Morgan fingerprint density at radius 1 is 1.24 bits per heavy atom. The van der Waals surface area contributed by atoms with Gasteiger partial charge in [-0.1, -0.05) is 6.07 Å². The van der Waals surface area contributed by atoms with Crippen LogP contribution in [0.1, 0.15) is 33.5 Å². The second kappa shape index (κ2) is 4.61. The van der Waals surface area contributed by atoms with E-state index in [1.165, 1.54) is 16.7 Å². The summed E-state index contributed by atoms with van der Waals surface area (Å²) < 4.78 is 0. The quantitative estimate of drug-likeness (QED) is 0.780.